The molecule has 0 fully saturated rings. The molecule has 1 aromatic heterocycles. The van der Waals surface area contributed by atoms with Gasteiger partial charge in [0.25, 0.3) is 0 Å². The number of hydrogen-bond acceptors (Lipinski definition) is 2. The van der Waals surface area contributed by atoms with Gasteiger partial charge in [-0.25, -0.2) is 0 Å². The fraction of sp³-hybridized carbons (Fsp3) is 0.250. The van der Waals surface area contributed by atoms with Crippen molar-refractivity contribution >= 4 is 12.2 Å². The molecule has 0 aliphatic heterocycles. The Bertz CT molecular complexity index is 279. The van der Waals surface area contributed by atoms with Crippen molar-refractivity contribution in [2.75, 3.05) is 0 Å². The van der Waals surface area contributed by atoms with Gasteiger partial charge in [0.1, 0.15) is 11.4 Å². The number of hydrogen-bond donors (Lipinski definition) is 1. The Labute approximate surface area is 65.8 Å². The molecule has 0 aliphatic rings. The van der Waals surface area contributed by atoms with Gasteiger partial charge >= 0.3 is 0 Å². The molecule has 0 radical (unpaired) electrons. The second-order valence-corrected chi connectivity index (χ2v) is 2.52. The molecule has 0 aliphatic carbocycles. The molecule has 0 spiro atoms. The summed E-state index contributed by atoms with van der Waals surface area (Å²) in [6.45, 7) is 7.65. The molecule has 0 aromatic carbocycles. The van der Waals surface area contributed by atoms with Crippen molar-refractivity contribution < 1.29 is 0 Å². The van der Waals surface area contributed by atoms with Gasteiger partial charge in [0.15, 0.2) is 0 Å². The lowest BCUT2D eigenvalue weighted by atomic mass is 10.2. The smallest absolute Gasteiger partial charge is 0.112 e. The second-order valence-electron chi connectivity index (χ2n) is 2.52. The summed E-state index contributed by atoms with van der Waals surface area (Å²) in [6, 6.07) is 0. The van der Waals surface area contributed by atoms with E-state index in [-0.39, 0.29) is 0 Å². The maximum absolute atomic E-state index is 3.94. The second kappa shape index (κ2) is 3.14. The maximum Gasteiger partial charge on any atom is 0.112 e. The van der Waals surface area contributed by atoms with Crippen LogP contribution in [0.3, 0.4) is 0 Å². The fourth-order valence-corrected chi connectivity index (χ4v) is 0.777. The number of rotatable bonds is 2. The van der Waals surface area contributed by atoms with E-state index in [1.54, 1.807) is 6.08 Å². The highest BCUT2D eigenvalue weighted by atomic mass is 15.3. The molecule has 0 saturated heterocycles. The lowest BCUT2D eigenvalue weighted by Crippen LogP contribution is -1.77. The van der Waals surface area contributed by atoms with Crippen LogP contribution < -0.4 is 0 Å². The predicted octanol–water partition coefficient (Wildman–Crippen LogP) is 1.87. The Morgan fingerprint density at radius 1 is 1.36 bits per heavy atom. The third-order valence-corrected chi connectivity index (χ3v) is 1.22. The van der Waals surface area contributed by atoms with Crippen LogP contribution in [0.25, 0.3) is 12.2 Å². The first-order valence-corrected chi connectivity index (χ1v) is 3.42. The zero-order valence-corrected chi connectivity index (χ0v) is 6.76. The van der Waals surface area contributed by atoms with Crippen LogP contribution in [-0.4, -0.2) is 15.4 Å². The van der Waals surface area contributed by atoms with Crippen LogP contribution in [0.2, 0.25) is 0 Å². The van der Waals surface area contributed by atoms with E-state index in [2.05, 4.69) is 22.0 Å². The van der Waals surface area contributed by atoms with E-state index in [1.807, 2.05) is 19.9 Å². The summed E-state index contributed by atoms with van der Waals surface area (Å²) in [6.07, 6.45) is 3.64. The van der Waals surface area contributed by atoms with Crippen molar-refractivity contribution in [1.82, 2.24) is 15.4 Å². The molecule has 3 nitrogen and oxygen atoms in total. The van der Waals surface area contributed by atoms with Gasteiger partial charge in [-0.1, -0.05) is 12.2 Å². The zero-order valence-electron chi connectivity index (χ0n) is 6.76. The van der Waals surface area contributed by atoms with E-state index in [1.165, 1.54) is 5.57 Å². The van der Waals surface area contributed by atoms with Crippen LogP contribution in [0.1, 0.15) is 25.2 Å². The number of nitrogens with zero attached hydrogens (tertiary/aromatic N) is 2. The largest absolute Gasteiger partial charge is 0.197 e. The lowest BCUT2D eigenvalue weighted by Gasteiger charge is -1.87. The van der Waals surface area contributed by atoms with E-state index >= 15 is 0 Å². The quantitative estimate of drug-likeness (QED) is 0.697. The third-order valence-electron chi connectivity index (χ3n) is 1.22. The molecule has 0 unspecified atom stereocenters. The molecule has 1 rings (SSSR count). The first-order valence-electron chi connectivity index (χ1n) is 3.42. The first-order chi connectivity index (χ1) is 5.24. The summed E-state index contributed by atoms with van der Waals surface area (Å²) >= 11 is 0. The van der Waals surface area contributed by atoms with Crippen LogP contribution in [0.15, 0.2) is 12.2 Å². The van der Waals surface area contributed by atoms with Gasteiger partial charge < -0.3 is 0 Å². The highest BCUT2D eigenvalue weighted by Crippen LogP contribution is 2.07. The van der Waals surface area contributed by atoms with Crippen molar-refractivity contribution in [2.24, 2.45) is 0 Å². The van der Waals surface area contributed by atoms with Gasteiger partial charge in [0.05, 0.1) is 0 Å². The fourth-order valence-electron chi connectivity index (χ4n) is 0.777. The number of aromatic nitrogens is 3. The SMILES string of the molecule is C=Cc1n[nH]nc1C=C(C)C. The molecule has 0 atom stereocenters. The molecule has 58 valence electrons. The Morgan fingerprint density at radius 2 is 2.00 bits per heavy atom. The summed E-state index contributed by atoms with van der Waals surface area (Å²) < 4.78 is 0. The van der Waals surface area contributed by atoms with Gasteiger partial charge in [0, 0.05) is 0 Å². The summed E-state index contributed by atoms with van der Waals surface area (Å²) in [7, 11) is 0. The van der Waals surface area contributed by atoms with Gasteiger partial charge in [0.2, 0.25) is 0 Å². The summed E-state index contributed by atoms with van der Waals surface area (Å²) in [5, 5.41) is 10.4. The van der Waals surface area contributed by atoms with Crippen molar-refractivity contribution in [1.29, 1.82) is 0 Å². The number of aromatic amines is 1. The highest BCUT2D eigenvalue weighted by molar-refractivity contribution is 5.58. The van der Waals surface area contributed by atoms with E-state index in [9.17, 15) is 0 Å². The van der Waals surface area contributed by atoms with Gasteiger partial charge in [-0.2, -0.15) is 15.4 Å². The molecule has 1 heterocycles. The van der Waals surface area contributed by atoms with E-state index < -0.39 is 0 Å². The monoisotopic (exact) mass is 149 g/mol. The molecule has 3 heteroatoms. The standard InChI is InChI=1S/C8H11N3/c1-4-7-8(5-6(2)3)10-11-9-7/h4-5H,1H2,2-3H3,(H,9,10,11). The Balaban J connectivity index is 3.03. The molecule has 0 bridgehead atoms. The van der Waals surface area contributed by atoms with Gasteiger partial charge in [-0.3, -0.25) is 0 Å². The maximum atomic E-state index is 3.94. The Hall–Kier alpha value is -1.38. The molecule has 11 heavy (non-hydrogen) atoms. The number of allylic oxidation sites excluding steroid dienone is 1. The third kappa shape index (κ3) is 1.77. The van der Waals surface area contributed by atoms with Crippen LogP contribution in [0, 0.1) is 0 Å². The van der Waals surface area contributed by atoms with E-state index in [0.29, 0.717) is 0 Å². The van der Waals surface area contributed by atoms with Crippen molar-refractivity contribution in [3.05, 3.63) is 23.5 Å². The molecular formula is C8H11N3. The average Bonchev–Trinajstić information content (AvgIpc) is 2.34. The minimum Gasteiger partial charge on any atom is -0.197 e. The minimum absolute atomic E-state index is 0.797. The van der Waals surface area contributed by atoms with Crippen LogP contribution in [-0.2, 0) is 0 Å². The number of H-pyrrole nitrogens is 1. The molecular weight excluding hydrogens is 138 g/mol. The average molecular weight is 149 g/mol. The van der Waals surface area contributed by atoms with Crippen LogP contribution >= 0.6 is 0 Å². The van der Waals surface area contributed by atoms with Crippen LogP contribution in [0.4, 0.5) is 0 Å². The van der Waals surface area contributed by atoms with E-state index in [4.69, 9.17) is 0 Å². The topological polar surface area (TPSA) is 41.6 Å². The minimum atomic E-state index is 0.797. The van der Waals surface area contributed by atoms with Crippen LogP contribution in [0.5, 0.6) is 0 Å². The molecule has 0 saturated carbocycles. The molecule has 0 amide bonds. The predicted molar refractivity (Wildman–Crippen MR) is 45.8 cm³/mol. The summed E-state index contributed by atoms with van der Waals surface area (Å²) in [5.74, 6) is 0. The number of nitrogens with one attached hydrogen (secondary N) is 1. The van der Waals surface area contributed by atoms with E-state index in [0.717, 1.165) is 11.4 Å². The van der Waals surface area contributed by atoms with Gasteiger partial charge in [-0.05, 0) is 26.0 Å². The molecule has 1 aromatic rings. The summed E-state index contributed by atoms with van der Waals surface area (Å²) in [4.78, 5) is 0. The van der Waals surface area contributed by atoms with Crippen molar-refractivity contribution in [3.63, 3.8) is 0 Å². The van der Waals surface area contributed by atoms with Crippen molar-refractivity contribution in [3.8, 4) is 0 Å². The molecule has 1 N–H and O–H groups in total. The van der Waals surface area contributed by atoms with Gasteiger partial charge in [-0.15, -0.1) is 0 Å². The Morgan fingerprint density at radius 3 is 2.55 bits per heavy atom. The highest BCUT2D eigenvalue weighted by Gasteiger charge is 1.98. The normalized spacial score (nSPS) is 9.27. The zero-order chi connectivity index (χ0) is 8.27. The Kier molecular flexibility index (Phi) is 2.21. The van der Waals surface area contributed by atoms with Crippen molar-refractivity contribution in [2.45, 2.75) is 13.8 Å². The lowest BCUT2D eigenvalue weighted by molar-refractivity contribution is 0.934. The summed E-state index contributed by atoms with van der Waals surface area (Å²) in [5.41, 5.74) is 2.84. The first kappa shape index (κ1) is 7.72.